The van der Waals surface area contributed by atoms with E-state index in [1.807, 2.05) is 22.8 Å². The van der Waals surface area contributed by atoms with Crippen molar-refractivity contribution in [2.45, 2.75) is 43.0 Å². The number of aromatic nitrogens is 1. The predicted molar refractivity (Wildman–Crippen MR) is 155 cm³/mol. The van der Waals surface area contributed by atoms with Crippen LogP contribution >= 0.6 is 0 Å². The average Bonchev–Trinajstić information content (AvgIpc) is 2.96. The van der Waals surface area contributed by atoms with Crippen LogP contribution in [0.4, 0.5) is 11.4 Å². The van der Waals surface area contributed by atoms with E-state index in [9.17, 15) is 21.6 Å². The third-order valence-corrected chi connectivity index (χ3v) is 8.64. The monoisotopic (exact) mass is 678 g/mol. The Bertz CT molecular complexity index is 1820. The molecule has 0 aliphatic heterocycles. The van der Waals surface area contributed by atoms with Crippen molar-refractivity contribution in [2.75, 3.05) is 10.0 Å². The van der Waals surface area contributed by atoms with Crippen molar-refractivity contribution in [2.24, 2.45) is 5.14 Å². The molecule has 4 N–H and O–H groups in total. The molecule has 0 spiro atoms. The number of nitrogens with two attached hydrogens (primary N) is 1. The van der Waals surface area contributed by atoms with Gasteiger partial charge >= 0.3 is 0 Å². The highest BCUT2D eigenvalue weighted by Crippen LogP contribution is 2.22. The van der Waals surface area contributed by atoms with Crippen LogP contribution in [0.1, 0.15) is 25.2 Å². The molecule has 3 aromatic carbocycles. The Morgan fingerprint density at radius 3 is 1.80 bits per heavy atom. The number of nitrogens with zero attached hydrogens (tertiary/aromatic N) is 1. The molecule has 0 unspecified atom stereocenters. The Kier molecular flexibility index (Phi) is 11.8. The van der Waals surface area contributed by atoms with E-state index >= 15 is 0 Å². The van der Waals surface area contributed by atoms with Crippen molar-refractivity contribution in [1.82, 2.24) is 0 Å². The number of carbonyl (C=O) groups excluding carboxylic acids is 1. The molecule has 45 heavy (non-hydrogen) atoms. The van der Waals surface area contributed by atoms with Gasteiger partial charge in [-0.25, -0.2) is 40.6 Å². The summed E-state index contributed by atoms with van der Waals surface area (Å²) in [6.07, 6.45) is 1.50. The maximum atomic E-state index is 13.0. The van der Waals surface area contributed by atoms with E-state index in [0.29, 0.717) is 5.69 Å². The molecule has 0 radical (unpaired) electrons. The molecule has 16 heteroatoms. The molecule has 0 aliphatic rings. The third-order valence-electron chi connectivity index (χ3n) is 6.33. The highest BCUT2D eigenvalue weighted by atomic mass is 35.7. The first-order chi connectivity index (χ1) is 21.0. The van der Waals surface area contributed by atoms with Gasteiger partial charge in [-0.15, -0.1) is 10.2 Å². The van der Waals surface area contributed by atoms with Crippen molar-refractivity contribution < 1.29 is 55.1 Å². The quantitative estimate of drug-likeness (QED) is 0.176. The van der Waals surface area contributed by atoms with Crippen LogP contribution in [-0.4, -0.2) is 22.7 Å². The van der Waals surface area contributed by atoms with Crippen LogP contribution in [0.2, 0.25) is 0 Å². The Morgan fingerprint density at radius 2 is 1.29 bits per heavy atom. The highest BCUT2D eigenvalue weighted by molar-refractivity contribution is 7.92. The fourth-order valence-electron chi connectivity index (χ4n) is 4.34. The van der Waals surface area contributed by atoms with E-state index in [4.69, 9.17) is 23.8 Å². The second-order valence-corrected chi connectivity index (χ2v) is 13.5. The Balaban J connectivity index is 0.00000102. The van der Waals surface area contributed by atoms with E-state index in [1.54, 1.807) is 0 Å². The lowest BCUT2D eigenvalue weighted by Gasteiger charge is -2.17. The highest BCUT2D eigenvalue weighted by Gasteiger charge is 2.21. The zero-order valence-corrected chi connectivity index (χ0v) is 26.6. The molecule has 1 amide bonds. The van der Waals surface area contributed by atoms with Crippen LogP contribution < -0.4 is 38.4 Å². The fraction of sp³-hybridized carbons (Fsp3) is 0.172. The molecular formula is C29H31ClN4O9S2. The fourth-order valence-corrected chi connectivity index (χ4v) is 5.95. The summed E-state index contributed by atoms with van der Waals surface area (Å²) in [5.74, 6) is -0.240. The summed E-state index contributed by atoms with van der Waals surface area (Å²) in [6, 6.07) is 25.2. The van der Waals surface area contributed by atoms with Gasteiger partial charge in [0.15, 0.2) is 11.4 Å². The molecule has 1 heterocycles. The van der Waals surface area contributed by atoms with E-state index in [-0.39, 0.29) is 27.9 Å². The number of sulfonamides is 2. The number of anilines is 2. The van der Waals surface area contributed by atoms with E-state index < -0.39 is 30.3 Å². The summed E-state index contributed by atoms with van der Waals surface area (Å²) in [5.41, 5.74) is 4.79. The van der Waals surface area contributed by atoms with Crippen LogP contribution in [-0.2, 0) is 44.2 Å². The van der Waals surface area contributed by atoms with Crippen LogP contribution in [0.15, 0.2) is 101 Å². The van der Waals surface area contributed by atoms with Crippen molar-refractivity contribution in [3.63, 3.8) is 0 Å². The second-order valence-electron chi connectivity index (χ2n) is 9.51. The van der Waals surface area contributed by atoms with Gasteiger partial charge in [-0.05, 0) is 53.6 Å². The summed E-state index contributed by atoms with van der Waals surface area (Å²) in [4.78, 5) is 12.7. The van der Waals surface area contributed by atoms with Gasteiger partial charge in [0.25, 0.3) is 15.9 Å². The number of halogens is 1. The first-order valence-electron chi connectivity index (χ1n) is 13.3. The van der Waals surface area contributed by atoms with Crippen LogP contribution in [0.5, 0.6) is 0 Å². The number of carbonyl (C=O) groups is 1. The van der Waals surface area contributed by atoms with Gasteiger partial charge in [0.05, 0.1) is 15.5 Å². The van der Waals surface area contributed by atoms with E-state index in [1.165, 1.54) is 42.5 Å². The lowest BCUT2D eigenvalue weighted by atomic mass is 10.0. The predicted octanol–water partition coefficient (Wildman–Crippen LogP) is -0.903. The van der Waals surface area contributed by atoms with Gasteiger partial charge < -0.3 is 5.32 Å². The largest absolute Gasteiger partial charge is 0.321 e. The number of amides is 1. The maximum absolute atomic E-state index is 13.0. The van der Waals surface area contributed by atoms with Crippen molar-refractivity contribution >= 4 is 37.3 Å². The van der Waals surface area contributed by atoms with Crippen LogP contribution in [0.25, 0.3) is 11.1 Å². The summed E-state index contributed by atoms with van der Waals surface area (Å²) in [5, 5.41) is 7.96. The van der Waals surface area contributed by atoms with Crippen molar-refractivity contribution in [3.05, 3.63) is 102 Å². The number of primary sulfonamides is 1. The number of rotatable bonds is 10. The Morgan fingerprint density at radius 1 is 0.733 bits per heavy atom. The molecule has 0 saturated heterocycles. The molecule has 1 aromatic heterocycles. The molecule has 13 nitrogen and oxygen atoms in total. The van der Waals surface area contributed by atoms with Crippen molar-refractivity contribution in [1.29, 1.82) is 0 Å². The Labute approximate surface area is 263 Å². The lowest BCUT2D eigenvalue weighted by molar-refractivity contribution is -2.00. The molecule has 0 saturated carbocycles. The van der Waals surface area contributed by atoms with Gasteiger partial charge in [0, 0.05) is 30.7 Å². The van der Waals surface area contributed by atoms with E-state index in [2.05, 4.69) is 48.2 Å². The van der Waals surface area contributed by atoms with Crippen LogP contribution in [0.3, 0.4) is 0 Å². The summed E-state index contributed by atoms with van der Waals surface area (Å²) in [6.45, 7) is 4.22. The minimum Gasteiger partial charge on any atom is -0.321 e. The van der Waals surface area contributed by atoms with E-state index in [0.717, 1.165) is 41.4 Å². The number of benzene rings is 3. The molecule has 240 valence electrons. The normalized spacial score (nSPS) is 11.7. The lowest BCUT2D eigenvalue weighted by Crippen LogP contribution is -2.68. The summed E-state index contributed by atoms with van der Waals surface area (Å²) < 4.78 is 87.1. The topological polar surface area (TPSA) is 232 Å². The maximum Gasteiger partial charge on any atom is 0.290 e. The van der Waals surface area contributed by atoms with Gasteiger partial charge in [-0.1, -0.05) is 50.2 Å². The number of hydrogen-bond donors (Lipinski definition) is 3. The molecular weight excluding hydrogens is 648 g/mol. The van der Waals surface area contributed by atoms with Crippen molar-refractivity contribution in [3.8, 4) is 11.1 Å². The average molecular weight is 679 g/mol. The van der Waals surface area contributed by atoms with Gasteiger partial charge in [0.1, 0.15) is 0 Å². The number of aryl methyl sites for hydroxylation is 2. The smallest absolute Gasteiger partial charge is 0.290 e. The molecule has 0 bridgehead atoms. The molecule has 0 atom stereocenters. The third kappa shape index (κ3) is 10.9. The molecule has 4 aromatic rings. The molecule has 0 fully saturated rings. The molecule has 4 rings (SSSR count). The minimum atomic E-state index is -4.94. The standard InChI is InChI=1S/C29H30N4O5S2.ClHO4/c1-3-25-17-22(21-9-6-5-7-10-21)18-26(4-2)33(25)20-29(34)31-23-13-15-27(16-14-23)40(37,38)32-24-11-8-12-28(19-24)39(30,35)36;2-1(3,4)5/h5-19,32H,3-4,20H2,1-2H3,(H2-,30,31,34,35,36);(H,2,3,4,5). The Hall–Kier alpha value is -3.93. The zero-order chi connectivity index (χ0) is 33.4. The van der Waals surface area contributed by atoms with Gasteiger partial charge in [-0.2, -0.15) is 4.57 Å². The summed E-state index contributed by atoms with van der Waals surface area (Å²) >= 11 is 0. The number of hydrogen-bond acceptors (Lipinski definition) is 9. The first-order valence-corrected chi connectivity index (χ1v) is 17.5. The number of pyridine rings is 1. The second kappa shape index (κ2) is 14.9. The van der Waals surface area contributed by atoms with Crippen LogP contribution in [0, 0.1) is 10.2 Å². The number of nitrogens with one attached hydrogen (secondary N) is 2. The zero-order valence-electron chi connectivity index (χ0n) is 24.2. The minimum absolute atomic E-state index is 0.0534. The molecule has 0 aliphatic carbocycles. The SMILES string of the molecule is CCc1cc(-c2ccccc2)cc(CC)[n+]1CC(=O)Nc1ccc(S(=O)(=O)Nc2cccc(S(N)(=O)=O)c2)cc1.[O-][Cl+3]([O-])([O-])[O-]. The van der Waals surface area contributed by atoms with Gasteiger partial charge in [0.2, 0.25) is 16.6 Å². The van der Waals surface area contributed by atoms with Gasteiger partial charge in [-0.3, -0.25) is 9.52 Å². The first kappa shape index (κ1) is 35.5. The summed E-state index contributed by atoms with van der Waals surface area (Å²) in [7, 11) is -12.9.